The van der Waals surface area contributed by atoms with Crippen molar-refractivity contribution in [3.8, 4) is 0 Å². The number of carboxylic acid groups (broad SMARTS) is 1. The monoisotopic (exact) mass is 389 g/mol. The van der Waals surface area contributed by atoms with Gasteiger partial charge >= 0.3 is 0 Å². The van der Waals surface area contributed by atoms with Crippen LogP contribution in [0.2, 0.25) is 5.02 Å². The minimum atomic E-state index is -1.64. The third kappa shape index (κ3) is 4.03. The van der Waals surface area contributed by atoms with E-state index in [2.05, 4.69) is 10.5 Å². The van der Waals surface area contributed by atoms with Gasteiger partial charge in [0.25, 0.3) is 5.91 Å². The number of aliphatic carboxylic acids is 1. The van der Waals surface area contributed by atoms with Crippen molar-refractivity contribution in [3.63, 3.8) is 0 Å². The van der Waals surface area contributed by atoms with Crippen molar-refractivity contribution in [2.45, 2.75) is 6.92 Å². The average Bonchev–Trinajstić information content (AvgIpc) is 2.82. The van der Waals surface area contributed by atoms with Crippen LogP contribution in [0.5, 0.6) is 0 Å². The number of carbonyl (C=O) groups is 2. The van der Waals surface area contributed by atoms with Gasteiger partial charge in [0.15, 0.2) is 0 Å². The molecule has 0 spiro atoms. The number of aryl methyl sites for hydroxylation is 1. The second kappa shape index (κ2) is 7.31. The van der Waals surface area contributed by atoms with Gasteiger partial charge in [0.2, 0.25) is 0 Å². The summed E-state index contributed by atoms with van der Waals surface area (Å²) < 4.78 is 0.877. The van der Waals surface area contributed by atoms with E-state index in [1.807, 2.05) is 25.1 Å². The minimum Gasteiger partial charge on any atom is -0.544 e. The minimum absolute atomic E-state index is 0.288. The van der Waals surface area contributed by atoms with Crippen LogP contribution in [0.15, 0.2) is 33.4 Å². The second-order valence-corrected chi connectivity index (χ2v) is 6.61. The zero-order valence-electron chi connectivity index (χ0n) is 11.5. The van der Waals surface area contributed by atoms with Crippen molar-refractivity contribution < 1.29 is 14.7 Å². The molecule has 0 bridgehead atoms. The highest BCUT2D eigenvalue weighted by atomic mass is 35.5. The van der Waals surface area contributed by atoms with Crippen molar-refractivity contribution in [1.29, 1.82) is 0 Å². The Balaban J connectivity index is 2.20. The molecule has 0 radical (unpaired) electrons. The van der Waals surface area contributed by atoms with E-state index in [9.17, 15) is 14.7 Å². The summed E-state index contributed by atoms with van der Waals surface area (Å²) in [6.45, 7) is 1.94. The van der Waals surface area contributed by atoms with E-state index in [-0.39, 0.29) is 9.91 Å². The van der Waals surface area contributed by atoms with E-state index in [1.165, 1.54) is 11.3 Å². The molecule has 0 aliphatic rings. The molecule has 0 fully saturated rings. The molecule has 1 N–H and O–H groups in total. The molecule has 5 nitrogen and oxygen atoms in total. The molecule has 0 aliphatic heterocycles. The summed E-state index contributed by atoms with van der Waals surface area (Å²) in [5.41, 5.74) is 3.26. The van der Waals surface area contributed by atoms with Crippen LogP contribution in [0.4, 0.5) is 0 Å². The molecular weight excluding hydrogens is 383 g/mol. The number of carboxylic acids is 1. The van der Waals surface area contributed by atoms with Crippen molar-refractivity contribution in [1.82, 2.24) is 5.43 Å². The lowest BCUT2D eigenvalue weighted by molar-refractivity contribution is -0.298. The number of benzene rings is 1. The van der Waals surface area contributed by atoms with Crippen molar-refractivity contribution >= 4 is 74.3 Å². The Morgan fingerprint density at radius 3 is 2.70 bits per heavy atom. The molecule has 0 atom stereocenters. The first-order chi connectivity index (χ1) is 10.8. The van der Waals surface area contributed by atoms with Crippen molar-refractivity contribution in [2.24, 2.45) is 5.10 Å². The normalized spacial score (nSPS) is 12.5. The Hall–Kier alpha value is -1.60. The molecule has 1 aromatic heterocycles. The van der Waals surface area contributed by atoms with Crippen LogP contribution < -0.4 is 10.5 Å². The predicted molar refractivity (Wildman–Crippen MR) is 91.3 cm³/mol. The van der Waals surface area contributed by atoms with Crippen molar-refractivity contribution in [2.75, 3.05) is 0 Å². The standard InChI is InChI=1S/C14H9Cl3N2O3S/c1-6-2-3-7-9(4-6)23-12(10(7)16)13(20)19-18-5-8(15)11(17)14(21)22/h2-5H,1H3,(H,19,20)(H,21,22)/p-1/b11-8+,18-5-. The first kappa shape index (κ1) is 17.7. The molecule has 2 aromatic rings. The molecule has 9 heteroatoms. The maximum absolute atomic E-state index is 12.1. The number of nitrogens with zero attached hydrogens (tertiary/aromatic N) is 1. The molecule has 1 aromatic carbocycles. The fourth-order valence-electron chi connectivity index (χ4n) is 1.67. The number of rotatable bonds is 4. The first-order valence-corrected chi connectivity index (χ1v) is 8.05. The molecule has 1 amide bonds. The lowest BCUT2D eigenvalue weighted by Gasteiger charge is -2.00. The average molecular weight is 391 g/mol. The topological polar surface area (TPSA) is 81.6 Å². The Kier molecular flexibility index (Phi) is 5.64. The van der Waals surface area contributed by atoms with Gasteiger partial charge in [0, 0.05) is 10.1 Å². The molecule has 120 valence electrons. The summed E-state index contributed by atoms with van der Waals surface area (Å²) in [7, 11) is 0. The van der Waals surface area contributed by atoms with Crippen LogP contribution in [0.3, 0.4) is 0 Å². The summed E-state index contributed by atoms with van der Waals surface area (Å²) in [5.74, 6) is -2.18. The molecule has 0 unspecified atom stereocenters. The fourth-order valence-corrected chi connectivity index (χ4v) is 3.35. The van der Waals surface area contributed by atoms with Gasteiger partial charge in [-0.05, 0) is 18.6 Å². The first-order valence-electron chi connectivity index (χ1n) is 6.10. The number of hydrogen-bond donors (Lipinski definition) is 1. The molecule has 23 heavy (non-hydrogen) atoms. The largest absolute Gasteiger partial charge is 0.544 e. The Labute approximate surface area is 150 Å². The van der Waals surface area contributed by atoms with Gasteiger partial charge in [0.05, 0.1) is 27.3 Å². The number of hydrogen-bond acceptors (Lipinski definition) is 5. The number of amides is 1. The van der Waals surface area contributed by atoms with E-state index in [0.717, 1.165) is 21.9 Å². The van der Waals surface area contributed by atoms with Gasteiger partial charge in [-0.3, -0.25) is 4.79 Å². The van der Waals surface area contributed by atoms with Gasteiger partial charge in [-0.1, -0.05) is 46.9 Å². The number of carbonyl (C=O) groups excluding carboxylic acids is 2. The maximum Gasteiger partial charge on any atom is 0.283 e. The second-order valence-electron chi connectivity index (χ2n) is 4.39. The quantitative estimate of drug-likeness (QED) is 0.495. The number of nitrogens with one attached hydrogen (secondary N) is 1. The summed E-state index contributed by atoms with van der Waals surface area (Å²) in [6, 6.07) is 5.65. The smallest absolute Gasteiger partial charge is 0.283 e. The van der Waals surface area contributed by atoms with E-state index >= 15 is 0 Å². The third-order valence-electron chi connectivity index (χ3n) is 2.72. The zero-order chi connectivity index (χ0) is 17.1. The van der Waals surface area contributed by atoms with Crippen molar-refractivity contribution in [3.05, 3.63) is 43.7 Å². The SMILES string of the molecule is Cc1ccc2c(Cl)c(C(=O)N/N=C\C(Cl)=C(/Cl)C(=O)[O-])sc2c1. The van der Waals surface area contributed by atoms with Gasteiger partial charge in [-0.2, -0.15) is 5.10 Å². The molecule has 2 rings (SSSR count). The van der Waals surface area contributed by atoms with E-state index in [0.29, 0.717) is 5.02 Å². The molecule has 0 saturated carbocycles. The van der Waals surface area contributed by atoms with E-state index in [4.69, 9.17) is 34.8 Å². The van der Waals surface area contributed by atoms with Gasteiger partial charge in [-0.15, -0.1) is 11.3 Å². The lowest BCUT2D eigenvalue weighted by atomic mass is 10.2. The summed E-state index contributed by atoms with van der Waals surface area (Å²) in [4.78, 5) is 22.9. The molecular formula is C14H8Cl3N2O3S-. The number of halogens is 3. The van der Waals surface area contributed by atoms with Gasteiger partial charge < -0.3 is 9.90 Å². The van der Waals surface area contributed by atoms with Crippen LogP contribution in [0.1, 0.15) is 15.2 Å². The number of fused-ring (bicyclic) bond motifs is 1. The van der Waals surface area contributed by atoms with Gasteiger partial charge in [-0.25, -0.2) is 5.43 Å². The van der Waals surface area contributed by atoms with Crippen LogP contribution in [0, 0.1) is 6.92 Å². The highest BCUT2D eigenvalue weighted by molar-refractivity contribution is 7.21. The Morgan fingerprint density at radius 2 is 2.04 bits per heavy atom. The highest BCUT2D eigenvalue weighted by Crippen LogP contribution is 2.35. The summed E-state index contributed by atoms with van der Waals surface area (Å²) >= 11 is 18.3. The molecule has 0 aliphatic carbocycles. The lowest BCUT2D eigenvalue weighted by Crippen LogP contribution is -2.23. The summed E-state index contributed by atoms with van der Waals surface area (Å²) in [5, 5.41) is 14.0. The maximum atomic E-state index is 12.1. The third-order valence-corrected chi connectivity index (χ3v) is 5.12. The number of hydrazone groups is 1. The highest BCUT2D eigenvalue weighted by Gasteiger charge is 2.16. The van der Waals surface area contributed by atoms with Crippen LogP contribution in [-0.2, 0) is 4.79 Å². The van der Waals surface area contributed by atoms with Gasteiger partial charge in [0.1, 0.15) is 4.88 Å². The van der Waals surface area contributed by atoms with E-state index in [1.54, 1.807) is 0 Å². The zero-order valence-corrected chi connectivity index (χ0v) is 14.6. The number of allylic oxidation sites excluding steroid dienone is 1. The Bertz CT molecular complexity index is 858. The number of thiophene rings is 1. The Morgan fingerprint density at radius 1 is 1.35 bits per heavy atom. The predicted octanol–water partition coefficient (Wildman–Crippen LogP) is 3.02. The van der Waals surface area contributed by atoms with Crippen LogP contribution >= 0.6 is 46.1 Å². The molecule has 0 saturated heterocycles. The van der Waals surface area contributed by atoms with E-state index < -0.39 is 16.9 Å². The molecule has 1 heterocycles. The van der Waals surface area contributed by atoms with Crippen LogP contribution in [-0.4, -0.2) is 18.1 Å². The fraction of sp³-hybridized carbons (Fsp3) is 0.0714. The summed E-state index contributed by atoms with van der Waals surface area (Å²) in [6.07, 6.45) is 0.892. The van der Waals surface area contributed by atoms with Crippen LogP contribution in [0.25, 0.3) is 10.1 Å².